The number of hydrogen-bond donors (Lipinski definition) is 1. The van der Waals surface area contributed by atoms with E-state index >= 15 is 0 Å². The van der Waals surface area contributed by atoms with E-state index in [9.17, 15) is 4.79 Å². The molecule has 1 N–H and O–H groups in total. The molecule has 2 unspecified atom stereocenters. The quantitative estimate of drug-likeness (QED) is 0.940. The largest absolute Gasteiger partial charge is 0.333 e. The van der Waals surface area contributed by atoms with Crippen LogP contribution in [0, 0.1) is 6.92 Å². The van der Waals surface area contributed by atoms with Crippen molar-refractivity contribution in [1.82, 2.24) is 15.2 Å². The van der Waals surface area contributed by atoms with Gasteiger partial charge in [-0.15, -0.1) is 0 Å². The topological polar surface area (TPSA) is 45.2 Å². The lowest BCUT2D eigenvalue weighted by atomic mass is 9.92. The molecule has 1 aliphatic heterocycles. The lowest BCUT2D eigenvalue weighted by molar-refractivity contribution is -0.134. The third kappa shape index (κ3) is 3.65. The molecule has 0 saturated carbocycles. The maximum atomic E-state index is 13.0. The number of piperazine rings is 1. The molecule has 3 rings (SSSR count). The molecule has 0 radical (unpaired) electrons. The molecule has 126 valence electrons. The third-order valence-corrected chi connectivity index (χ3v) is 4.83. The first-order valence-corrected chi connectivity index (χ1v) is 8.62. The van der Waals surface area contributed by atoms with Gasteiger partial charge in [-0.3, -0.25) is 9.78 Å². The van der Waals surface area contributed by atoms with Crippen LogP contribution in [0.5, 0.6) is 0 Å². The summed E-state index contributed by atoms with van der Waals surface area (Å²) in [7, 11) is 0. The minimum Gasteiger partial charge on any atom is -0.333 e. The lowest BCUT2D eigenvalue weighted by Crippen LogP contribution is -2.48. The molecule has 1 aliphatic rings. The molecule has 1 aromatic heterocycles. The highest BCUT2D eigenvalue weighted by molar-refractivity contribution is 5.78. The fourth-order valence-electron chi connectivity index (χ4n) is 3.50. The Bertz CT molecular complexity index is 686. The van der Waals surface area contributed by atoms with Crippen LogP contribution in [-0.4, -0.2) is 35.4 Å². The monoisotopic (exact) mass is 323 g/mol. The summed E-state index contributed by atoms with van der Waals surface area (Å²) in [6, 6.07) is 12.4. The standard InChI is InChI=1S/C20H25N3O/c1-15-6-3-4-8-18(15)16(2)12-20(24)23-11-10-22-14-19(23)17-7-5-9-21-13-17/h3-9,13,16,19,22H,10-12,14H2,1-2H3. The molecule has 0 aliphatic carbocycles. The maximum Gasteiger partial charge on any atom is 0.223 e. The number of nitrogens with one attached hydrogen (secondary N) is 1. The summed E-state index contributed by atoms with van der Waals surface area (Å²) in [5, 5.41) is 3.39. The molecule has 1 saturated heterocycles. The van der Waals surface area contributed by atoms with Gasteiger partial charge in [0.05, 0.1) is 6.04 Å². The molecular weight excluding hydrogens is 298 g/mol. The van der Waals surface area contributed by atoms with Crippen molar-refractivity contribution in [1.29, 1.82) is 0 Å². The summed E-state index contributed by atoms with van der Waals surface area (Å²) < 4.78 is 0. The van der Waals surface area contributed by atoms with Crippen molar-refractivity contribution >= 4 is 5.91 Å². The van der Waals surface area contributed by atoms with E-state index in [1.165, 1.54) is 11.1 Å². The van der Waals surface area contributed by atoms with Crippen LogP contribution in [0.4, 0.5) is 0 Å². The van der Waals surface area contributed by atoms with E-state index in [-0.39, 0.29) is 17.9 Å². The summed E-state index contributed by atoms with van der Waals surface area (Å²) >= 11 is 0. The predicted octanol–water partition coefficient (Wildman–Crippen LogP) is 3.06. The summed E-state index contributed by atoms with van der Waals surface area (Å²) in [5.41, 5.74) is 3.61. The molecule has 2 heterocycles. The van der Waals surface area contributed by atoms with Gasteiger partial charge in [0.1, 0.15) is 0 Å². The smallest absolute Gasteiger partial charge is 0.223 e. The fourth-order valence-corrected chi connectivity index (χ4v) is 3.50. The average Bonchev–Trinajstić information content (AvgIpc) is 2.62. The Morgan fingerprint density at radius 2 is 2.17 bits per heavy atom. The maximum absolute atomic E-state index is 13.0. The summed E-state index contributed by atoms with van der Waals surface area (Å²) in [4.78, 5) is 19.2. The van der Waals surface area contributed by atoms with Crippen molar-refractivity contribution in [3.63, 3.8) is 0 Å². The van der Waals surface area contributed by atoms with Gasteiger partial charge in [-0.1, -0.05) is 37.3 Å². The Balaban J connectivity index is 1.74. The molecule has 0 bridgehead atoms. The zero-order valence-corrected chi connectivity index (χ0v) is 14.4. The Labute approximate surface area is 143 Å². The van der Waals surface area contributed by atoms with Crippen LogP contribution >= 0.6 is 0 Å². The third-order valence-electron chi connectivity index (χ3n) is 4.83. The van der Waals surface area contributed by atoms with Gasteiger partial charge >= 0.3 is 0 Å². The van der Waals surface area contributed by atoms with Gasteiger partial charge in [0.25, 0.3) is 0 Å². The lowest BCUT2D eigenvalue weighted by Gasteiger charge is -2.37. The second kappa shape index (κ2) is 7.58. The number of pyridine rings is 1. The summed E-state index contributed by atoms with van der Waals surface area (Å²) in [6.45, 7) is 6.64. The van der Waals surface area contributed by atoms with Gasteiger partial charge < -0.3 is 10.2 Å². The highest BCUT2D eigenvalue weighted by Gasteiger charge is 2.29. The van der Waals surface area contributed by atoms with Crippen LogP contribution in [-0.2, 0) is 4.79 Å². The first-order chi connectivity index (χ1) is 11.7. The fraction of sp³-hybridized carbons (Fsp3) is 0.400. The number of aromatic nitrogens is 1. The van der Waals surface area contributed by atoms with E-state index in [2.05, 4.69) is 42.3 Å². The normalized spacial score (nSPS) is 19.1. The molecule has 2 atom stereocenters. The average molecular weight is 323 g/mol. The van der Waals surface area contributed by atoms with Gasteiger partial charge in [0.15, 0.2) is 0 Å². The van der Waals surface area contributed by atoms with Crippen LogP contribution < -0.4 is 5.32 Å². The second-order valence-corrected chi connectivity index (χ2v) is 6.56. The van der Waals surface area contributed by atoms with Gasteiger partial charge in [0, 0.05) is 38.4 Å². The highest BCUT2D eigenvalue weighted by atomic mass is 16.2. The highest BCUT2D eigenvalue weighted by Crippen LogP contribution is 2.27. The molecule has 4 nitrogen and oxygen atoms in total. The molecule has 1 aromatic carbocycles. The Morgan fingerprint density at radius 3 is 2.92 bits per heavy atom. The summed E-state index contributed by atoms with van der Waals surface area (Å²) in [6.07, 6.45) is 4.18. The van der Waals surface area contributed by atoms with E-state index in [1.54, 1.807) is 6.20 Å². The minimum atomic E-state index is 0.0732. The molecule has 2 aromatic rings. The van der Waals surface area contributed by atoms with Crippen LogP contribution in [0.2, 0.25) is 0 Å². The van der Waals surface area contributed by atoms with Gasteiger partial charge in [-0.2, -0.15) is 0 Å². The van der Waals surface area contributed by atoms with Crippen molar-refractivity contribution in [3.05, 3.63) is 65.5 Å². The molecule has 1 fully saturated rings. The van der Waals surface area contributed by atoms with Gasteiger partial charge in [0.2, 0.25) is 5.91 Å². The zero-order chi connectivity index (χ0) is 16.9. The summed E-state index contributed by atoms with van der Waals surface area (Å²) in [5.74, 6) is 0.448. The Kier molecular flexibility index (Phi) is 5.26. The number of hydrogen-bond acceptors (Lipinski definition) is 3. The number of rotatable bonds is 4. The number of carbonyl (C=O) groups excluding carboxylic acids is 1. The van der Waals surface area contributed by atoms with Crippen molar-refractivity contribution in [2.45, 2.75) is 32.2 Å². The molecule has 1 amide bonds. The van der Waals surface area contributed by atoms with E-state index in [0.717, 1.165) is 25.2 Å². The predicted molar refractivity (Wildman–Crippen MR) is 95.8 cm³/mol. The van der Waals surface area contributed by atoms with E-state index in [4.69, 9.17) is 0 Å². The number of nitrogens with zero attached hydrogens (tertiary/aromatic N) is 2. The first kappa shape index (κ1) is 16.7. The van der Waals surface area contributed by atoms with Crippen molar-refractivity contribution in [2.75, 3.05) is 19.6 Å². The Hall–Kier alpha value is -2.20. The number of carbonyl (C=O) groups is 1. The molecule has 24 heavy (non-hydrogen) atoms. The number of benzene rings is 1. The van der Waals surface area contributed by atoms with Crippen molar-refractivity contribution < 1.29 is 4.79 Å². The van der Waals surface area contributed by atoms with Crippen molar-refractivity contribution in [2.24, 2.45) is 0 Å². The van der Waals surface area contributed by atoms with Crippen LogP contribution in [0.1, 0.15) is 42.0 Å². The van der Waals surface area contributed by atoms with Gasteiger partial charge in [-0.25, -0.2) is 0 Å². The molecular formula is C20H25N3O. The van der Waals surface area contributed by atoms with Crippen molar-refractivity contribution in [3.8, 4) is 0 Å². The number of amides is 1. The zero-order valence-electron chi connectivity index (χ0n) is 14.4. The van der Waals surface area contributed by atoms with Crippen LogP contribution in [0.3, 0.4) is 0 Å². The molecule has 0 spiro atoms. The van der Waals surface area contributed by atoms with E-state index in [1.807, 2.05) is 29.3 Å². The van der Waals surface area contributed by atoms with Gasteiger partial charge in [-0.05, 0) is 35.6 Å². The van der Waals surface area contributed by atoms with E-state index in [0.29, 0.717) is 6.42 Å². The van der Waals surface area contributed by atoms with Crippen LogP contribution in [0.15, 0.2) is 48.8 Å². The SMILES string of the molecule is Cc1ccccc1C(C)CC(=O)N1CCNCC1c1cccnc1. The Morgan fingerprint density at radius 1 is 1.33 bits per heavy atom. The molecule has 4 heteroatoms. The second-order valence-electron chi connectivity index (χ2n) is 6.56. The minimum absolute atomic E-state index is 0.0732. The van der Waals surface area contributed by atoms with Crippen LogP contribution in [0.25, 0.3) is 0 Å². The number of aryl methyl sites for hydroxylation is 1. The first-order valence-electron chi connectivity index (χ1n) is 8.62. The van der Waals surface area contributed by atoms with E-state index < -0.39 is 0 Å².